The van der Waals surface area contributed by atoms with Crippen molar-refractivity contribution in [2.24, 2.45) is 5.73 Å². The van der Waals surface area contributed by atoms with E-state index >= 15 is 0 Å². The summed E-state index contributed by atoms with van der Waals surface area (Å²) < 4.78 is 43.9. The molecule has 0 spiro atoms. The van der Waals surface area contributed by atoms with Crippen LogP contribution in [0.15, 0.2) is 66.0 Å². The average Bonchev–Trinajstić information content (AvgIpc) is 2.73. The first-order valence-electron chi connectivity index (χ1n) is 7.08. The Morgan fingerprint density at radius 3 is 2.45 bits per heavy atom. The Kier molecular flexibility index (Phi) is 5.44. The van der Waals surface area contributed by atoms with Crippen molar-refractivity contribution in [1.82, 2.24) is 0 Å². The number of nitrogens with two attached hydrogens (primary N) is 1. The molecule has 1 aliphatic rings. The molecule has 1 aliphatic carbocycles. The summed E-state index contributed by atoms with van der Waals surface area (Å²) in [5.74, 6) is 0.429. The molecule has 0 aliphatic heterocycles. The number of halogens is 3. The van der Waals surface area contributed by atoms with Crippen molar-refractivity contribution in [1.29, 1.82) is 0 Å². The molecular formula is C17H18F3NO. The molecule has 0 heterocycles. The summed E-state index contributed by atoms with van der Waals surface area (Å²) >= 11 is 0. The van der Waals surface area contributed by atoms with Crippen LogP contribution in [0.25, 0.3) is 0 Å². The Morgan fingerprint density at radius 2 is 1.82 bits per heavy atom. The number of allylic oxidation sites excluding steroid dienone is 5. The molecule has 1 aromatic rings. The first kappa shape index (κ1) is 16.4. The molecule has 0 saturated heterocycles. The molecule has 0 bridgehead atoms. The van der Waals surface area contributed by atoms with Gasteiger partial charge in [0.25, 0.3) is 0 Å². The van der Waals surface area contributed by atoms with Crippen LogP contribution in [0, 0.1) is 0 Å². The van der Waals surface area contributed by atoms with E-state index in [1.807, 2.05) is 30.3 Å². The van der Waals surface area contributed by atoms with E-state index in [-0.39, 0.29) is 12.5 Å². The molecule has 22 heavy (non-hydrogen) atoms. The van der Waals surface area contributed by atoms with Gasteiger partial charge < -0.3 is 10.5 Å². The summed E-state index contributed by atoms with van der Waals surface area (Å²) in [7, 11) is 0. The summed E-state index contributed by atoms with van der Waals surface area (Å²) in [6.07, 6.45) is 1.36. The van der Waals surface area contributed by atoms with E-state index in [0.29, 0.717) is 18.7 Å². The second kappa shape index (κ2) is 7.31. The van der Waals surface area contributed by atoms with Crippen molar-refractivity contribution < 1.29 is 17.9 Å². The van der Waals surface area contributed by atoms with Crippen LogP contribution in [0.5, 0.6) is 0 Å². The van der Waals surface area contributed by atoms with Gasteiger partial charge in [-0.25, -0.2) is 0 Å². The second-order valence-electron chi connectivity index (χ2n) is 4.93. The highest BCUT2D eigenvalue weighted by Crippen LogP contribution is 2.30. The van der Waals surface area contributed by atoms with Gasteiger partial charge in [-0.2, -0.15) is 13.2 Å². The Bertz CT molecular complexity index is 573. The fourth-order valence-electron chi connectivity index (χ4n) is 2.18. The average molecular weight is 309 g/mol. The maximum absolute atomic E-state index is 12.7. The first-order valence-corrected chi connectivity index (χ1v) is 7.08. The van der Waals surface area contributed by atoms with Crippen LogP contribution in [0.3, 0.4) is 0 Å². The van der Waals surface area contributed by atoms with Gasteiger partial charge in [0.1, 0.15) is 11.9 Å². The molecule has 0 saturated carbocycles. The Labute approximate surface area is 127 Å². The molecule has 0 aromatic heterocycles. The molecule has 2 nitrogen and oxygen atoms in total. The molecule has 0 amide bonds. The van der Waals surface area contributed by atoms with Crippen LogP contribution in [0.4, 0.5) is 13.2 Å². The van der Waals surface area contributed by atoms with E-state index in [4.69, 9.17) is 10.5 Å². The van der Waals surface area contributed by atoms with Gasteiger partial charge in [-0.15, -0.1) is 0 Å². The zero-order valence-corrected chi connectivity index (χ0v) is 12.0. The van der Waals surface area contributed by atoms with E-state index < -0.39 is 11.7 Å². The van der Waals surface area contributed by atoms with Gasteiger partial charge >= 0.3 is 6.18 Å². The van der Waals surface area contributed by atoms with Crippen molar-refractivity contribution >= 4 is 0 Å². The predicted octanol–water partition coefficient (Wildman–Crippen LogP) is 4.43. The third kappa shape index (κ3) is 4.49. The normalized spacial score (nSPS) is 16.5. The minimum atomic E-state index is -4.34. The molecule has 0 fully saturated rings. The lowest BCUT2D eigenvalue weighted by Crippen LogP contribution is -2.10. The number of hydrogen-bond acceptors (Lipinski definition) is 2. The van der Waals surface area contributed by atoms with Gasteiger partial charge in [0.05, 0.1) is 5.57 Å². The summed E-state index contributed by atoms with van der Waals surface area (Å²) in [5.41, 5.74) is 5.90. The van der Waals surface area contributed by atoms with Crippen LogP contribution < -0.4 is 5.73 Å². The lowest BCUT2D eigenvalue weighted by molar-refractivity contribution is -0.0883. The SMILES string of the molecule is NCCC(OC1=CCC=C(C(F)(F)F)C=C1)c1ccccc1. The van der Waals surface area contributed by atoms with Crippen LogP contribution in [-0.4, -0.2) is 12.7 Å². The maximum atomic E-state index is 12.7. The second-order valence-corrected chi connectivity index (χ2v) is 4.93. The van der Waals surface area contributed by atoms with Crippen LogP contribution >= 0.6 is 0 Å². The van der Waals surface area contributed by atoms with E-state index in [0.717, 1.165) is 17.7 Å². The Morgan fingerprint density at radius 1 is 1.09 bits per heavy atom. The van der Waals surface area contributed by atoms with E-state index in [1.54, 1.807) is 6.08 Å². The van der Waals surface area contributed by atoms with Gasteiger partial charge in [0.2, 0.25) is 0 Å². The Balaban J connectivity index is 2.10. The van der Waals surface area contributed by atoms with E-state index in [1.165, 1.54) is 6.08 Å². The minimum Gasteiger partial charge on any atom is -0.486 e. The highest BCUT2D eigenvalue weighted by atomic mass is 19.4. The fraction of sp³-hybridized carbons (Fsp3) is 0.294. The molecule has 2 N–H and O–H groups in total. The lowest BCUT2D eigenvalue weighted by atomic mass is 10.1. The van der Waals surface area contributed by atoms with Crippen LogP contribution in [0.1, 0.15) is 24.5 Å². The van der Waals surface area contributed by atoms with Crippen molar-refractivity contribution in [2.75, 3.05) is 6.54 Å². The van der Waals surface area contributed by atoms with Crippen molar-refractivity contribution in [3.63, 3.8) is 0 Å². The topological polar surface area (TPSA) is 35.2 Å². The zero-order chi connectivity index (χ0) is 16.0. The van der Waals surface area contributed by atoms with Gasteiger partial charge in [0, 0.05) is 6.42 Å². The number of benzene rings is 1. The van der Waals surface area contributed by atoms with Gasteiger partial charge in [-0.1, -0.05) is 36.4 Å². The molecule has 1 atom stereocenters. The van der Waals surface area contributed by atoms with Crippen molar-refractivity contribution in [2.45, 2.75) is 25.1 Å². The molecule has 118 valence electrons. The standard InChI is InChI=1S/C17H18F3NO/c18-17(19,20)14-7-4-8-15(10-9-14)22-16(11-12-21)13-5-2-1-3-6-13/h1-3,5-10,16H,4,11-12,21H2. The third-order valence-electron chi connectivity index (χ3n) is 3.29. The molecule has 1 unspecified atom stereocenters. The molecule has 2 rings (SSSR count). The highest BCUT2D eigenvalue weighted by Gasteiger charge is 2.31. The quantitative estimate of drug-likeness (QED) is 0.873. The lowest BCUT2D eigenvalue weighted by Gasteiger charge is -2.19. The summed E-state index contributed by atoms with van der Waals surface area (Å²) in [4.78, 5) is 0. The number of rotatable bonds is 5. The Hall–Kier alpha value is -2.01. The summed E-state index contributed by atoms with van der Waals surface area (Å²) in [6.45, 7) is 0.433. The predicted molar refractivity (Wildman–Crippen MR) is 79.9 cm³/mol. The van der Waals surface area contributed by atoms with Crippen LogP contribution in [0.2, 0.25) is 0 Å². The van der Waals surface area contributed by atoms with Gasteiger partial charge in [-0.05, 0) is 36.8 Å². The zero-order valence-electron chi connectivity index (χ0n) is 12.0. The molecule has 5 heteroatoms. The maximum Gasteiger partial charge on any atom is 0.416 e. The monoisotopic (exact) mass is 309 g/mol. The smallest absolute Gasteiger partial charge is 0.416 e. The van der Waals surface area contributed by atoms with Crippen molar-refractivity contribution in [3.8, 4) is 0 Å². The van der Waals surface area contributed by atoms with E-state index in [9.17, 15) is 13.2 Å². The number of alkyl halides is 3. The minimum absolute atomic E-state index is 0.182. The fourth-order valence-corrected chi connectivity index (χ4v) is 2.18. The summed E-state index contributed by atoms with van der Waals surface area (Å²) in [5, 5.41) is 0. The number of hydrogen-bond donors (Lipinski definition) is 1. The highest BCUT2D eigenvalue weighted by molar-refractivity contribution is 5.33. The van der Waals surface area contributed by atoms with Crippen LogP contribution in [-0.2, 0) is 4.74 Å². The first-order chi connectivity index (χ1) is 10.5. The molecule has 0 radical (unpaired) electrons. The third-order valence-corrected chi connectivity index (χ3v) is 3.29. The van der Waals surface area contributed by atoms with E-state index in [2.05, 4.69) is 0 Å². The molecular weight excluding hydrogens is 291 g/mol. The largest absolute Gasteiger partial charge is 0.486 e. The molecule has 1 aromatic carbocycles. The van der Waals surface area contributed by atoms with Gasteiger partial charge in [0.15, 0.2) is 0 Å². The number of ether oxygens (including phenoxy) is 1. The van der Waals surface area contributed by atoms with Crippen molar-refractivity contribution in [3.05, 3.63) is 71.5 Å². The summed E-state index contributed by atoms with van der Waals surface area (Å²) in [6, 6.07) is 9.51. The van der Waals surface area contributed by atoms with Gasteiger partial charge in [-0.3, -0.25) is 0 Å².